The van der Waals surface area contributed by atoms with Gasteiger partial charge in [-0.1, -0.05) is 12.1 Å². The van der Waals surface area contributed by atoms with Crippen molar-refractivity contribution in [1.82, 2.24) is 14.8 Å². The molecule has 1 aliphatic heterocycles. The summed E-state index contributed by atoms with van der Waals surface area (Å²) in [5.74, 6) is -0.798. The molecule has 1 saturated heterocycles. The molecule has 133 valence electrons. The van der Waals surface area contributed by atoms with E-state index in [1.807, 2.05) is 29.2 Å². The van der Waals surface area contributed by atoms with Gasteiger partial charge < -0.3 is 10.6 Å². The fourth-order valence-electron chi connectivity index (χ4n) is 2.97. The van der Waals surface area contributed by atoms with Gasteiger partial charge in [0.25, 0.3) is 0 Å². The minimum Gasteiger partial charge on any atom is -0.368 e. The fraction of sp³-hybridized carbons (Fsp3) is 0.412. The first-order valence-corrected chi connectivity index (χ1v) is 8.96. The number of carbonyl (C=O) groups excluding carboxylic acids is 2. The van der Waals surface area contributed by atoms with Crippen LogP contribution in [-0.2, 0) is 16.0 Å². The normalized spacial score (nSPS) is 18.6. The first-order chi connectivity index (χ1) is 12.1. The van der Waals surface area contributed by atoms with Gasteiger partial charge in [-0.3, -0.25) is 14.5 Å². The number of hydrogen-bond donors (Lipinski definition) is 1. The van der Waals surface area contributed by atoms with Crippen LogP contribution < -0.4 is 5.73 Å². The smallest absolute Gasteiger partial charge is 0.241 e. The summed E-state index contributed by atoms with van der Waals surface area (Å²) in [4.78, 5) is 32.0. The Morgan fingerprint density at radius 2 is 2.16 bits per heavy atom. The second-order valence-corrected chi connectivity index (χ2v) is 7.04. The zero-order valence-corrected chi connectivity index (χ0v) is 14.5. The molecular formula is C17H20FN4O2S. The first-order valence-electron chi connectivity index (χ1n) is 8.14. The lowest BCUT2D eigenvalue weighted by Gasteiger charge is -2.39. The molecule has 2 aromatic rings. The number of halogens is 1. The molecule has 0 bridgehead atoms. The summed E-state index contributed by atoms with van der Waals surface area (Å²) in [6, 6.07) is 7.08. The molecule has 2 N–H and O–H groups in total. The molecule has 6 nitrogen and oxygen atoms in total. The zero-order chi connectivity index (χ0) is 17.8. The van der Waals surface area contributed by atoms with Crippen molar-refractivity contribution in [2.45, 2.75) is 12.5 Å². The predicted molar refractivity (Wildman–Crippen MR) is 94.7 cm³/mol. The van der Waals surface area contributed by atoms with E-state index >= 15 is 0 Å². The average molecular weight is 363 g/mol. The van der Waals surface area contributed by atoms with Crippen LogP contribution in [0.4, 0.5) is 4.39 Å². The van der Waals surface area contributed by atoms with Crippen LogP contribution in [0.15, 0.2) is 24.3 Å². The number of benzene rings is 1. The van der Waals surface area contributed by atoms with Gasteiger partial charge in [0.2, 0.25) is 11.8 Å². The largest absolute Gasteiger partial charge is 0.368 e. The molecule has 0 spiro atoms. The highest BCUT2D eigenvalue weighted by Crippen LogP contribution is 2.22. The van der Waals surface area contributed by atoms with Crippen molar-refractivity contribution in [2.75, 3.05) is 32.9 Å². The maximum atomic E-state index is 12.5. The third kappa shape index (κ3) is 4.13. The van der Waals surface area contributed by atoms with E-state index in [9.17, 15) is 14.0 Å². The van der Waals surface area contributed by atoms with Crippen molar-refractivity contribution in [2.24, 2.45) is 5.73 Å². The fourth-order valence-corrected chi connectivity index (χ4v) is 3.90. The molecule has 1 unspecified atom stereocenters. The van der Waals surface area contributed by atoms with Gasteiger partial charge in [0.05, 0.1) is 21.6 Å². The van der Waals surface area contributed by atoms with Crippen LogP contribution >= 0.6 is 11.3 Å². The molecular weight excluding hydrogens is 343 g/mol. The maximum absolute atomic E-state index is 12.5. The number of nitrogens with zero attached hydrogens (tertiary/aromatic N) is 3. The number of rotatable bonds is 6. The number of aromatic nitrogens is 1. The molecule has 3 rings (SSSR count). The first kappa shape index (κ1) is 17.8. The number of carbonyl (C=O) groups is 2. The van der Waals surface area contributed by atoms with Gasteiger partial charge in [0.1, 0.15) is 12.7 Å². The standard InChI is InChI=1S/C17H20FN4O2S/c18-7-8-21-9-10-22(13(11-21)17(19)24)16(23)6-5-15-20-12-3-1-2-4-14(12)25-15/h1-4,6,13H,5,7-11H2,(H2,19,24). The topological polar surface area (TPSA) is 79.5 Å². The summed E-state index contributed by atoms with van der Waals surface area (Å²) in [7, 11) is 0. The summed E-state index contributed by atoms with van der Waals surface area (Å²) in [5.41, 5.74) is 6.35. The van der Waals surface area contributed by atoms with Crippen LogP contribution in [0.1, 0.15) is 5.01 Å². The van der Waals surface area contributed by atoms with Crippen molar-refractivity contribution in [3.63, 3.8) is 0 Å². The quantitative estimate of drug-likeness (QED) is 0.831. The van der Waals surface area contributed by atoms with Gasteiger partial charge in [-0.25, -0.2) is 9.37 Å². The van der Waals surface area contributed by atoms with Crippen molar-refractivity contribution in [1.29, 1.82) is 0 Å². The van der Waals surface area contributed by atoms with Gasteiger partial charge in [0.15, 0.2) is 0 Å². The van der Waals surface area contributed by atoms with Gasteiger partial charge in [-0.15, -0.1) is 11.3 Å². The molecule has 2 heterocycles. The van der Waals surface area contributed by atoms with E-state index in [2.05, 4.69) is 4.98 Å². The Balaban J connectivity index is 1.62. The summed E-state index contributed by atoms with van der Waals surface area (Å²) >= 11 is 1.55. The van der Waals surface area contributed by atoms with Crippen molar-refractivity contribution >= 4 is 33.4 Å². The van der Waals surface area contributed by atoms with Crippen molar-refractivity contribution in [3.8, 4) is 0 Å². The highest BCUT2D eigenvalue weighted by molar-refractivity contribution is 7.18. The van der Waals surface area contributed by atoms with Crippen LogP contribution in [0.3, 0.4) is 0 Å². The van der Waals surface area contributed by atoms with Gasteiger partial charge in [0, 0.05) is 32.6 Å². The van der Waals surface area contributed by atoms with Crippen LogP contribution in [0, 0.1) is 6.42 Å². The highest BCUT2D eigenvalue weighted by Gasteiger charge is 2.33. The molecule has 8 heteroatoms. The predicted octanol–water partition coefficient (Wildman–Crippen LogP) is 1.01. The minimum absolute atomic E-state index is 0.233. The van der Waals surface area contributed by atoms with Crippen LogP contribution in [0.2, 0.25) is 0 Å². The number of nitrogens with two attached hydrogens (primary N) is 1. The van der Waals surface area contributed by atoms with E-state index in [0.717, 1.165) is 15.2 Å². The summed E-state index contributed by atoms with van der Waals surface area (Å²) in [6.45, 7) is 0.946. The van der Waals surface area contributed by atoms with Gasteiger partial charge in [-0.2, -0.15) is 0 Å². The van der Waals surface area contributed by atoms with E-state index < -0.39 is 18.6 Å². The highest BCUT2D eigenvalue weighted by atomic mass is 32.1. The number of thiazole rings is 1. The summed E-state index contributed by atoms with van der Waals surface area (Å²) in [5, 5.41) is 0.848. The second kappa shape index (κ2) is 7.88. The third-order valence-electron chi connectivity index (χ3n) is 4.27. The van der Waals surface area contributed by atoms with E-state index in [4.69, 9.17) is 5.73 Å². The number of para-hydroxylation sites is 1. The van der Waals surface area contributed by atoms with Gasteiger partial charge >= 0.3 is 0 Å². The van der Waals surface area contributed by atoms with Crippen molar-refractivity contribution < 1.29 is 14.0 Å². The van der Waals surface area contributed by atoms with Crippen molar-refractivity contribution in [3.05, 3.63) is 35.7 Å². The van der Waals surface area contributed by atoms with Crippen LogP contribution in [-0.4, -0.2) is 65.5 Å². The van der Waals surface area contributed by atoms with E-state index in [1.165, 1.54) is 4.90 Å². The van der Waals surface area contributed by atoms with Gasteiger partial charge in [-0.05, 0) is 12.1 Å². The van der Waals surface area contributed by atoms with Crippen LogP contribution in [0.5, 0.6) is 0 Å². The molecule has 1 aliphatic rings. The lowest BCUT2D eigenvalue weighted by molar-refractivity contribution is -0.140. The Kier molecular flexibility index (Phi) is 5.60. The maximum Gasteiger partial charge on any atom is 0.241 e. The Morgan fingerprint density at radius 1 is 1.36 bits per heavy atom. The lowest BCUT2D eigenvalue weighted by atomic mass is 10.1. The minimum atomic E-state index is -0.723. The number of alkyl halides is 1. The van der Waals surface area contributed by atoms with E-state index in [1.54, 1.807) is 17.8 Å². The SMILES string of the molecule is NC(=O)C1CN(CCF)CCN1C(=O)[CH]Cc1nc2ccccc2s1. The number of fused-ring (bicyclic) bond motifs is 1. The molecule has 2 amide bonds. The van der Waals surface area contributed by atoms with E-state index in [-0.39, 0.29) is 19.0 Å². The molecule has 1 atom stereocenters. The molecule has 1 radical (unpaired) electrons. The van der Waals surface area contributed by atoms with E-state index in [0.29, 0.717) is 19.5 Å². The Bertz CT molecular complexity index is 733. The number of hydrogen-bond acceptors (Lipinski definition) is 5. The zero-order valence-electron chi connectivity index (χ0n) is 13.7. The second-order valence-electron chi connectivity index (χ2n) is 5.92. The summed E-state index contributed by atoms with van der Waals surface area (Å²) < 4.78 is 13.6. The average Bonchev–Trinajstić information content (AvgIpc) is 3.03. The molecule has 1 fully saturated rings. The molecule has 0 saturated carbocycles. The number of amides is 2. The monoisotopic (exact) mass is 363 g/mol. The Morgan fingerprint density at radius 3 is 2.88 bits per heavy atom. The Hall–Kier alpha value is -2.06. The lowest BCUT2D eigenvalue weighted by Crippen LogP contribution is -2.60. The molecule has 25 heavy (non-hydrogen) atoms. The molecule has 0 aliphatic carbocycles. The number of piperazine rings is 1. The Labute approximate surface area is 149 Å². The van der Waals surface area contributed by atoms with Crippen LogP contribution in [0.25, 0.3) is 10.2 Å². The number of primary amides is 1. The summed E-state index contributed by atoms with van der Waals surface area (Å²) in [6.07, 6.45) is 1.95. The molecule has 1 aromatic heterocycles. The molecule has 1 aromatic carbocycles. The third-order valence-corrected chi connectivity index (χ3v) is 5.32.